The van der Waals surface area contributed by atoms with Gasteiger partial charge >= 0.3 is 0 Å². The van der Waals surface area contributed by atoms with E-state index < -0.39 is 0 Å². The summed E-state index contributed by atoms with van der Waals surface area (Å²) >= 11 is 0. The Balaban J connectivity index is 1.43. The van der Waals surface area contributed by atoms with Crippen molar-refractivity contribution in [3.63, 3.8) is 0 Å². The number of imidazole rings is 1. The molecule has 0 aliphatic heterocycles. The molecule has 4 rings (SSSR count). The summed E-state index contributed by atoms with van der Waals surface area (Å²) in [5, 5.41) is 3.06. The maximum Gasteiger partial charge on any atom is 0.251 e. The lowest BCUT2D eigenvalue weighted by atomic mass is 10.1. The van der Waals surface area contributed by atoms with Crippen LogP contribution in [0.5, 0.6) is 0 Å². The van der Waals surface area contributed by atoms with Crippen LogP contribution in [0.2, 0.25) is 0 Å². The number of aromatic nitrogens is 3. The zero-order valence-corrected chi connectivity index (χ0v) is 15.0. The van der Waals surface area contributed by atoms with E-state index in [1.807, 2.05) is 95.3 Å². The predicted molar refractivity (Wildman–Crippen MR) is 105 cm³/mol. The van der Waals surface area contributed by atoms with E-state index in [0.717, 1.165) is 16.9 Å². The second-order valence-electron chi connectivity index (χ2n) is 6.39. The summed E-state index contributed by atoms with van der Waals surface area (Å²) in [5.41, 5.74) is 3.76. The SMILES string of the molecule is CC(NC(=O)c1ccc(-n2cccc2)cc1)c1ccc(-n2ccnc2)cc1. The molecule has 0 aliphatic carbocycles. The number of nitrogens with one attached hydrogen (secondary N) is 1. The highest BCUT2D eigenvalue weighted by Crippen LogP contribution is 2.17. The van der Waals surface area contributed by atoms with Gasteiger partial charge in [-0.05, 0) is 61.0 Å². The Labute approximate surface area is 157 Å². The Morgan fingerprint density at radius 3 is 2.15 bits per heavy atom. The summed E-state index contributed by atoms with van der Waals surface area (Å²) in [6.45, 7) is 1.98. The third kappa shape index (κ3) is 3.67. The van der Waals surface area contributed by atoms with Crippen LogP contribution < -0.4 is 5.32 Å². The minimum absolute atomic E-state index is 0.0831. The molecule has 5 nitrogen and oxygen atoms in total. The van der Waals surface area contributed by atoms with E-state index in [1.165, 1.54) is 0 Å². The van der Waals surface area contributed by atoms with Crippen molar-refractivity contribution in [2.75, 3.05) is 0 Å². The van der Waals surface area contributed by atoms with Crippen molar-refractivity contribution in [3.05, 3.63) is 103 Å². The van der Waals surface area contributed by atoms with Crippen LogP contribution in [-0.4, -0.2) is 20.0 Å². The molecule has 1 N–H and O–H groups in total. The lowest BCUT2D eigenvalue weighted by molar-refractivity contribution is 0.0940. The highest BCUT2D eigenvalue weighted by molar-refractivity contribution is 5.94. The van der Waals surface area contributed by atoms with Gasteiger partial charge in [-0.3, -0.25) is 4.79 Å². The van der Waals surface area contributed by atoms with Gasteiger partial charge in [0.05, 0.1) is 12.4 Å². The predicted octanol–water partition coefficient (Wildman–Crippen LogP) is 4.15. The zero-order valence-electron chi connectivity index (χ0n) is 15.0. The van der Waals surface area contributed by atoms with Crippen LogP contribution in [0.1, 0.15) is 28.9 Å². The zero-order chi connectivity index (χ0) is 18.6. The highest BCUT2D eigenvalue weighted by Gasteiger charge is 2.12. The van der Waals surface area contributed by atoms with Crippen molar-refractivity contribution >= 4 is 5.91 Å². The molecule has 0 spiro atoms. The number of carbonyl (C=O) groups excluding carboxylic acids is 1. The van der Waals surface area contributed by atoms with Gasteiger partial charge in [0.15, 0.2) is 0 Å². The van der Waals surface area contributed by atoms with Gasteiger partial charge in [-0.2, -0.15) is 0 Å². The first kappa shape index (κ1) is 16.8. The second-order valence-corrected chi connectivity index (χ2v) is 6.39. The van der Waals surface area contributed by atoms with E-state index in [4.69, 9.17) is 0 Å². The quantitative estimate of drug-likeness (QED) is 0.584. The summed E-state index contributed by atoms with van der Waals surface area (Å²) < 4.78 is 3.95. The van der Waals surface area contributed by atoms with Crippen LogP contribution in [0.4, 0.5) is 0 Å². The van der Waals surface area contributed by atoms with Crippen molar-refractivity contribution in [2.45, 2.75) is 13.0 Å². The molecule has 2 aromatic heterocycles. The first-order valence-electron chi connectivity index (χ1n) is 8.83. The van der Waals surface area contributed by atoms with Crippen molar-refractivity contribution in [1.82, 2.24) is 19.4 Å². The van der Waals surface area contributed by atoms with Crippen LogP contribution in [-0.2, 0) is 0 Å². The summed E-state index contributed by atoms with van der Waals surface area (Å²) in [6, 6.07) is 19.5. The molecule has 1 amide bonds. The summed E-state index contributed by atoms with van der Waals surface area (Å²) in [7, 11) is 0. The molecule has 4 aromatic rings. The maximum atomic E-state index is 12.5. The third-order valence-corrected chi connectivity index (χ3v) is 4.58. The normalized spacial score (nSPS) is 11.9. The van der Waals surface area contributed by atoms with Crippen LogP contribution in [0.25, 0.3) is 11.4 Å². The number of amides is 1. The first-order valence-corrected chi connectivity index (χ1v) is 8.83. The standard InChI is InChI=1S/C22H20N4O/c1-17(18-4-8-21(9-5-18)26-15-12-23-16-26)24-22(27)19-6-10-20(11-7-19)25-13-2-3-14-25/h2-17H,1H3,(H,24,27). The van der Waals surface area contributed by atoms with Gasteiger partial charge in [-0.1, -0.05) is 12.1 Å². The van der Waals surface area contributed by atoms with E-state index in [9.17, 15) is 4.79 Å². The Hall–Kier alpha value is -3.60. The molecule has 0 radical (unpaired) electrons. The Morgan fingerprint density at radius 1 is 0.889 bits per heavy atom. The summed E-state index contributed by atoms with van der Waals surface area (Å²) in [6.07, 6.45) is 9.36. The van der Waals surface area contributed by atoms with Crippen molar-refractivity contribution in [3.8, 4) is 11.4 Å². The minimum Gasteiger partial charge on any atom is -0.346 e. The number of carbonyl (C=O) groups is 1. The number of hydrogen-bond acceptors (Lipinski definition) is 2. The number of hydrogen-bond donors (Lipinski definition) is 1. The van der Waals surface area contributed by atoms with E-state index in [1.54, 1.807) is 12.5 Å². The number of benzene rings is 2. The molecule has 2 aromatic carbocycles. The van der Waals surface area contributed by atoms with Gasteiger partial charge in [0.25, 0.3) is 5.91 Å². The molecule has 0 fully saturated rings. The number of rotatable bonds is 5. The van der Waals surface area contributed by atoms with Crippen LogP contribution in [0.15, 0.2) is 91.8 Å². The van der Waals surface area contributed by atoms with Crippen molar-refractivity contribution in [2.24, 2.45) is 0 Å². The summed E-state index contributed by atoms with van der Waals surface area (Å²) in [4.78, 5) is 16.6. The molecular formula is C22H20N4O. The topological polar surface area (TPSA) is 51.9 Å². The maximum absolute atomic E-state index is 12.5. The minimum atomic E-state index is -0.0848. The molecule has 27 heavy (non-hydrogen) atoms. The largest absolute Gasteiger partial charge is 0.346 e. The molecule has 1 atom stereocenters. The molecular weight excluding hydrogens is 336 g/mol. The van der Waals surface area contributed by atoms with E-state index >= 15 is 0 Å². The highest BCUT2D eigenvalue weighted by atomic mass is 16.1. The van der Waals surface area contributed by atoms with Crippen LogP contribution in [0, 0.1) is 0 Å². The fourth-order valence-electron chi connectivity index (χ4n) is 3.00. The number of nitrogens with zero attached hydrogens (tertiary/aromatic N) is 3. The molecule has 0 saturated heterocycles. The van der Waals surface area contributed by atoms with E-state index in [-0.39, 0.29) is 11.9 Å². The van der Waals surface area contributed by atoms with Crippen molar-refractivity contribution < 1.29 is 4.79 Å². The molecule has 0 saturated carbocycles. The first-order chi connectivity index (χ1) is 13.2. The molecule has 134 valence electrons. The van der Waals surface area contributed by atoms with Gasteiger partial charge in [0, 0.05) is 41.7 Å². The average Bonchev–Trinajstić information content (AvgIpc) is 3.42. The van der Waals surface area contributed by atoms with Gasteiger partial charge < -0.3 is 14.5 Å². The monoisotopic (exact) mass is 356 g/mol. The van der Waals surface area contributed by atoms with Gasteiger partial charge in [0.1, 0.15) is 0 Å². The second kappa shape index (κ2) is 7.33. The van der Waals surface area contributed by atoms with Gasteiger partial charge in [0.2, 0.25) is 0 Å². The lowest BCUT2D eigenvalue weighted by Gasteiger charge is -2.15. The van der Waals surface area contributed by atoms with Gasteiger partial charge in [-0.25, -0.2) is 4.98 Å². The van der Waals surface area contributed by atoms with Crippen LogP contribution >= 0.6 is 0 Å². The van der Waals surface area contributed by atoms with E-state index in [0.29, 0.717) is 5.56 Å². The molecule has 2 heterocycles. The Kier molecular flexibility index (Phi) is 4.58. The van der Waals surface area contributed by atoms with Gasteiger partial charge in [-0.15, -0.1) is 0 Å². The van der Waals surface area contributed by atoms with Crippen LogP contribution in [0.3, 0.4) is 0 Å². The lowest BCUT2D eigenvalue weighted by Crippen LogP contribution is -2.26. The molecule has 1 unspecified atom stereocenters. The molecule has 5 heteroatoms. The smallest absolute Gasteiger partial charge is 0.251 e. The third-order valence-electron chi connectivity index (χ3n) is 4.58. The summed E-state index contributed by atoms with van der Waals surface area (Å²) in [5.74, 6) is -0.0831. The fourth-order valence-corrected chi connectivity index (χ4v) is 3.00. The van der Waals surface area contributed by atoms with Crippen molar-refractivity contribution in [1.29, 1.82) is 0 Å². The molecule has 0 bridgehead atoms. The molecule has 0 aliphatic rings. The Bertz CT molecular complexity index is 1000. The average molecular weight is 356 g/mol. The Morgan fingerprint density at radius 2 is 1.52 bits per heavy atom. The fraction of sp³-hybridized carbons (Fsp3) is 0.0909. The van der Waals surface area contributed by atoms with E-state index in [2.05, 4.69) is 10.3 Å².